The van der Waals surface area contributed by atoms with Crippen molar-refractivity contribution in [3.8, 4) is 0 Å². The maximum atomic E-state index is 13.5. The number of carbonyl (C=O) groups excluding carboxylic acids is 1. The number of amides is 1. The van der Waals surface area contributed by atoms with Crippen LogP contribution in [0.15, 0.2) is 36.5 Å². The first kappa shape index (κ1) is 105. The van der Waals surface area contributed by atoms with Crippen LogP contribution in [0.3, 0.4) is 0 Å². The van der Waals surface area contributed by atoms with E-state index < -0.39 is 124 Å². The molecule has 0 aromatic carbocycles. The Bertz CT molecular complexity index is 2170. The van der Waals surface area contributed by atoms with Crippen LogP contribution < -0.4 is 5.32 Å². The molecular formula is C94H177NO18. The molecule has 3 rings (SSSR count). The van der Waals surface area contributed by atoms with E-state index in [0.717, 1.165) is 38.5 Å². The number of rotatable bonds is 79. The van der Waals surface area contributed by atoms with Gasteiger partial charge in [-0.3, -0.25) is 4.79 Å². The Balaban J connectivity index is 1.29. The highest BCUT2D eigenvalue weighted by molar-refractivity contribution is 5.76. The van der Waals surface area contributed by atoms with Gasteiger partial charge in [-0.2, -0.15) is 0 Å². The number of ether oxygens (including phenoxy) is 6. The summed E-state index contributed by atoms with van der Waals surface area (Å²) in [5.74, 6) is -0.276. The zero-order chi connectivity index (χ0) is 81.7. The smallest absolute Gasteiger partial charge is 0.220 e. The Labute approximate surface area is 689 Å². The topological polar surface area (TPSA) is 307 Å². The maximum Gasteiger partial charge on any atom is 0.220 e. The lowest BCUT2D eigenvalue weighted by atomic mass is 9.96. The molecule has 0 radical (unpaired) electrons. The lowest BCUT2D eigenvalue weighted by Gasteiger charge is -2.48. The second-order valence-electron chi connectivity index (χ2n) is 34.2. The van der Waals surface area contributed by atoms with Gasteiger partial charge in [0.2, 0.25) is 5.91 Å². The molecule has 113 heavy (non-hydrogen) atoms. The summed E-state index contributed by atoms with van der Waals surface area (Å²) in [6.45, 7) is 1.79. The van der Waals surface area contributed by atoms with Crippen LogP contribution in [-0.2, 0) is 33.2 Å². The predicted octanol–water partition coefficient (Wildman–Crippen LogP) is 19.0. The monoisotopic (exact) mass is 1610 g/mol. The fourth-order valence-corrected chi connectivity index (χ4v) is 16.3. The van der Waals surface area contributed by atoms with Crippen molar-refractivity contribution in [2.75, 3.05) is 26.4 Å². The van der Waals surface area contributed by atoms with Crippen LogP contribution in [0.2, 0.25) is 0 Å². The zero-order valence-electron chi connectivity index (χ0n) is 72.1. The minimum absolute atomic E-state index is 0.241. The molecule has 3 aliphatic heterocycles. The van der Waals surface area contributed by atoms with E-state index in [1.165, 1.54) is 353 Å². The average Bonchev–Trinajstić information content (AvgIpc) is 0.777. The molecule has 19 heteroatoms. The highest BCUT2D eigenvalue weighted by atomic mass is 16.8. The molecule has 0 aromatic heterocycles. The first-order valence-corrected chi connectivity index (χ1v) is 47.7. The molecule has 0 saturated carbocycles. The molecular weight excluding hydrogens is 1430 g/mol. The van der Waals surface area contributed by atoms with E-state index in [0.29, 0.717) is 12.8 Å². The number of nitrogens with one attached hydrogen (secondary N) is 1. The summed E-state index contributed by atoms with van der Waals surface area (Å²) in [5.41, 5.74) is 0. The molecule has 17 atom stereocenters. The standard InChI is InChI=1S/C94H177NO18/c1-3-5-7-9-11-13-15-17-19-21-23-25-27-29-31-32-33-34-35-36-37-38-39-40-41-42-43-44-46-48-50-52-54-56-58-60-62-64-66-68-70-72-82(100)95-77(78(99)71-69-67-65-63-61-59-57-55-53-51-49-47-45-30-28-26-24-22-20-18-16-14-12-10-8-6-4-2)76-108-92-88(106)85(103)90(80(74-97)110-92)113-94-89(107)86(104)91(81(75-98)111-94)112-93-87(105)84(102)83(101)79(73-96)109-93/h21,23,61,63,69,71,77-81,83-94,96-99,101-107H,3-20,22,24-60,62,64-68,70,72-76H2,1-2H3,(H,95,100)/b23-21-,63-61+,71-69+. The number of carbonyl (C=O) groups is 1. The second-order valence-corrected chi connectivity index (χ2v) is 34.2. The molecule has 0 bridgehead atoms. The summed E-state index contributed by atoms with van der Waals surface area (Å²) < 4.78 is 34.5. The zero-order valence-corrected chi connectivity index (χ0v) is 72.1. The summed E-state index contributed by atoms with van der Waals surface area (Å²) in [6, 6.07) is -0.990. The largest absolute Gasteiger partial charge is 0.394 e. The fraction of sp³-hybridized carbons (Fsp3) is 0.926. The van der Waals surface area contributed by atoms with E-state index in [9.17, 15) is 61.0 Å². The Morgan fingerprint density at radius 1 is 0.310 bits per heavy atom. The molecule has 3 fully saturated rings. The highest BCUT2D eigenvalue weighted by Gasteiger charge is 2.54. The molecule has 666 valence electrons. The van der Waals surface area contributed by atoms with Crippen molar-refractivity contribution in [1.82, 2.24) is 5.32 Å². The number of aliphatic hydroxyl groups excluding tert-OH is 11. The number of unbranched alkanes of at least 4 members (excludes halogenated alkanes) is 59. The molecule has 12 N–H and O–H groups in total. The summed E-state index contributed by atoms with van der Waals surface area (Å²) in [5, 5.41) is 121. The average molecular weight is 1610 g/mol. The van der Waals surface area contributed by atoms with Crippen molar-refractivity contribution in [3.63, 3.8) is 0 Å². The van der Waals surface area contributed by atoms with Gasteiger partial charge < -0.3 is 89.9 Å². The van der Waals surface area contributed by atoms with Crippen molar-refractivity contribution in [2.45, 2.75) is 529 Å². The normalized spacial score (nSPS) is 24.9. The van der Waals surface area contributed by atoms with Gasteiger partial charge in [0.1, 0.15) is 73.2 Å². The van der Waals surface area contributed by atoms with Crippen molar-refractivity contribution in [2.24, 2.45) is 0 Å². The SMILES string of the molecule is CCCCCCCCCC/C=C\CCCCCCCCCCCCCCCCCCCCCCCCCCCCCCCC(=O)NC(COC1OC(CO)C(OC2OC(CO)C(OC3OC(CO)C(O)C(O)C3O)C(O)C2O)C(O)C1O)C(O)/C=C/CC/C=C/CCCCCCCCCCCCCCCCCCCCCCC. The third kappa shape index (κ3) is 52.1. The van der Waals surface area contributed by atoms with Crippen LogP contribution >= 0.6 is 0 Å². The van der Waals surface area contributed by atoms with Crippen LogP contribution in [0.4, 0.5) is 0 Å². The third-order valence-corrected chi connectivity index (χ3v) is 23.9. The van der Waals surface area contributed by atoms with Crippen molar-refractivity contribution in [1.29, 1.82) is 0 Å². The van der Waals surface area contributed by atoms with E-state index in [1.54, 1.807) is 6.08 Å². The van der Waals surface area contributed by atoms with E-state index in [1.807, 2.05) is 6.08 Å². The van der Waals surface area contributed by atoms with Crippen LogP contribution in [0.5, 0.6) is 0 Å². The van der Waals surface area contributed by atoms with Crippen molar-refractivity contribution >= 4 is 5.91 Å². The van der Waals surface area contributed by atoms with Crippen LogP contribution in [0, 0.1) is 0 Å². The summed E-state index contributed by atoms with van der Waals surface area (Å²) >= 11 is 0. The van der Waals surface area contributed by atoms with Gasteiger partial charge in [0.05, 0.1) is 38.6 Å². The van der Waals surface area contributed by atoms with Crippen LogP contribution in [0.1, 0.15) is 425 Å². The number of hydrogen-bond donors (Lipinski definition) is 12. The summed E-state index contributed by atoms with van der Waals surface area (Å²) in [4.78, 5) is 13.5. The van der Waals surface area contributed by atoms with Crippen molar-refractivity contribution < 1.29 is 89.4 Å². The molecule has 3 saturated heterocycles. The molecule has 0 aliphatic carbocycles. The Morgan fingerprint density at radius 2 is 0.566 bits per heavy atom. The van der Waals surface area contributed by atoms with E-state index in [2.05, 4.69) is 43.5 Å². The lowest BCUT2D eigenvalue weighted by molar-refractivity contribution is -0.379. The molecule has 1 amide bonds. The second kappa shape index (κ2) is 73.9. The van der Waals surface area contributed by atoms with Gasteiger partial charge in [0.25, 0.3) is 0 Å². The van der Waals surface area contributed by atoms with E-state index in [-0.39, 0.29) is 18.9 Å². The van der Waals surface area contributed by atoms with Crippen LogP contribution in [0.25, 0.3) is 0 Å². The quantitative estimate of drug-likeness (QED) is 0.0199. The van der Waals surface area contributed by atoms with Gasteiger partial charge in [0, 0.05) is 6.42 Å². The van der Waals surface area contributed by atoms with Gasteiger partial charge in [-0.15, -0.1) is 0 Å². The molecule has 3 aliphatic rings. The molecule has 19 nitrogen and oxygen atoms in total. The Morgan fingerprint density at radius 3 is 0.885 bits per heavy atom. The molecule has 0 spiro atoms. The predicted molar refractivity (Wildman–Crippen MR) is 457 cm³/mol. The number of hydrogen-bond acceptors (Lipinski definition) is 18. The van der Waals surface area contributed by atoms with E-state index >= 15 is 0 Å². The molecule has 3 heterocycles. The number of aliphatic hydroxyl groups is 11. The lowest BCUT2D eigenvalue weighted by Crippen LogP contribution is -2.66. The highest BCUT2D eigenvalue weighted by Crippen LogP contribution is 2.34. The minimum atomic E-state index is -1.98. The minimum Gasteiger partial charge on any atom is -0.394 e. The van der Waals surface area contributed by atoms with Gasteiger partial charge in [0.15, 0.2) is 18.9 Å². The van der Waals surface area contributed by atoms with Gasteiger partial charge >= 0.3 is 0 Å². The van der Waals surface area contributed by atoms with Crippen molar-refractivity contribution in [3.05, 3.63) is 36.5 Å². The molecule has 0 aromatic rings. The van der Waals surface area contributed by atoms with Gasteiger partial charge in [-0.25, -0.2) is 0 Å². The Kier molecular flexibility index (Phi) is 68.8. The van der Waals surface area contributed by atoms with E-state index in [4.69, 9.17) is 28.4 Å². The first-order chi connectivity index (χ1) is 55.3. The maximum absolute atomic E-state index is 13.5. The number of allylic oxidation sites excluding steroid dienone is 5. The van der Waals surface area contributed by atoms with Gasteiger partial charge in [-0.05, 0) is 57.8 Å². The third-order valence-electron chi connectivity index (χ3n) is 23.9. The van der Waals surface area contributed by atoms with Crippen LogP contribution in [-0.4, -0.2) is 193 Å². The summed E-state index contributed by atoms with van der Waals surface area (Å²) in [6.07, 6.45) is 69.0. The van der Waals surface area contributed by atoms with Gasteiger partial charge in [-0.1, -0.05) is 397 Å². The Hall–Kier alpha value is -1.99. The molecule has 17 unspecified atom stereocenters. The fourth-order valence-electron chi connectivity index (χ4n) is 16.3. The first-order valence-electron chi connectivity index (χ1n) is 47.7. The summed E-state index contributed by atoms with van der Waals surface area (Å²) in [7, 11) is 0.